The molecule has 0 bridgehead atoms. The number of urea groups is 1. The van der Waals surface area contributed by atoms with E-state index in [1.54, 1.807) is 4.90 Å². The Balaban J connectivity index is 2.82. The van der Waals surface area contributed by atoms with Crippen molar-refractivity contribution in [1.82, 2.24) is 4.90 Å². The Morgan fingerprint density at radius 2 is 2.00 bits per heavy atom. The smallest absolute Gasteiger partial charge is 0.322 e. The van der Waals surface area contributed by atoms with E-state index >= 15 is 0 Å². The molecule has 0 heterocycles. The van der Waals surface area contributed by atoms with Crippen molar-refractivity contribution in [2.75, 3.05) is 18.9 Å². The molecule has 0 fully saturated rings. The van der Waals surface area contributed by atoms with Crippen molar-refractivity contribution < 1.29 is 4.79 Å². The zero-order valence-electron chi connectivity index (χ0n) is 12.4. The Labute approximate surface area is 116 Å². The average Bonchev–Trinajstić information content (AvgIpc) is 2.41. The molecule has 1 aromatic rings. The summed E-state index contributed by atoms with van der Waals surface area (Å²) < 4.78 is 0. The van der Waals surface area contributed by atoms with Gasteiger partial charge in [-0.25, -0.2) is 4.79 Å². The number of likely N-dealkylation sites (N-methyl/N-ethyl adjacent to an activating group) is 1. The number of hydrogen-bond donors (Lipinski definition) is 2. The monoisotopic (exact) mass is 263 g/mol. The van der Waals surface area contributed by atoms with Gasteiger partial charge in [0.1, 0.15) is 0 Å². The van der Waals surface area contributed by atoms with E-state index in [2.05, 4.69) is 19.2 Å². The minimum absolute atomic E-state index is 0.111. The molecule has 0 saturated carbocycles. The van der Waals surface area contributed by atoms with Gasteiger partial charge in [-0.15, -0.1) is 0 Å². The number of carbonyl (C=O) groups excluding carboxylic acids is 1. The van der Waals surface area contributed by atoms with E-state index in [-0.39, 0.29) is 11.6 Å². The van der Waals surface area contributed by atoms with Gasteiger partial charge < -0.3 is 16.0 Å². The molecule has 0 spiro atoms. The van der Waals surface area contributed by atoms with Crippen molar-refractivity contribution in [3.8, 4) is 0 Å². The van der Waals surface area contributed by atoms with Gasteiger partial charge in [0, 0.05) is 19.3 Å². The predicted molar refractivity (Wildman–Crippen MR) is 80.3 cm³/mol. The number of nitrogens with zero attached hydrogens (tertiary/aromatic N) is 1. The second kappa shape index (κ2) is 6.57. The summed E-state index contributed by atoms with van der Waals surface area (Å²) in [6.07, 6.45) is 1.69. The van der Waals surface area contributed by atoms with Crippen LogP contribution in [-0.2, 0) is 0 Å². The molecule has 0 radical (unpaired) electrons. The maximum Gasteiger partial charge on any atom is 0.322 e. The zero-order valence-corrected chi connectivity index (χ0v) is 12.4. The lowest BCUT2D eigenvalue weighted by Gasteiger charge is -2.39. The van der Waals surface area contributed by atoms with E-state index in [1.807, 2.05) is 38.2 Å². The molecule has 2 amide bonds. The number of nitrogens with one attached hydrogen (secondary N) is 1. The third-order valence-corrected chi connectivity index (χ3v) is 3.98. The second-order valence-electron chi connectivity index (χ2n) is 4.99. The van der Waals surface area contributed by atoms with Gasteiger partial charge in [-0.1, -0.05) is 26.0 Å². The van der Waals surface area contributed by atoms with Crippen LogP contribution in [0, 0.1) is 6.92 Å². The van der Waals surface area contributed by atoms with E-state index in [1.165, 1.54) is 0 Å². The van der Waals surface area contributed by atoms with Crippen LogP contribution in [0.15, 0.2) is 24.3 Å². The highest BCUT2D eigenvalue weighted by Gasteiger charge is 2.32. The zero-order chi connectivity index (χ0) is 14.5. The summed E-state index contributed by atoms with van der Waals surface area (Å²) in [4.78, 5) is 14.0. The minimum atomic E-state index is -0.270. The van der Waals surface area contributed by atoms with Crippen LogP contribution in [0.25, 0.3) is 0 Å². The number of aryl methyl sites for hydroxylation is 1. The molecule has 0 saturated heterocycles. The van der Waals surface area contributed by atoms with Gasteiger partial charge in [0.15, 0.2) is 0 Å². The molecule has 106 valence electrons. The lowest BCUT2D eigenvalue weighted by atomic mass is 9.91. The number of amides is 2. The van der Waals surface area contributed by atoms with Crippen LogP contribution in [-0.4, -0.2) is 30.1 Å². The van der Waals surface area contributed by atoms with E-state index in [0.29, 0.717) is 6.54 Å². The van der Waals surface area contributed by atoms with Crippen molar-refractivity contribution in [3.05, 3.63) is 29.8 Å². The van der Waals surface area contributed by atoms with Crippen molar-refractivity contribution in [1.29, 1.82) is 0 Å². The Hall–Kier alpha value is -1.55. The number of carbonyl (C=O) groups is 1. The van der Waals surface area contributed by atoms with Gasteiger partial charge in [-0.2, -0.15) is 0 Å². The molecular weight excluding hydrogens is 238 g/mol. The summed E-state index contributed by atoms with van der Waals surface area (Å²) >= 11 is 0. The average molecular weight is 263 g/mol. The number of hydrogen-bond acceptors (Lipinski definition) is 2. The van der Waals surface area contributed by atoms with Crippen LogP contribution in [0.2, 0.25) is 0 Å². The molecule has 1 aromatic carbocycles. The maximum absolute atomic E-state index is 12.3. The molecule has 0 aliphatic carbocycles. The molecular formula is C15H25N3O. The first kappa shape index (κ1) is 15.5. The summed E-state index contributed by atoms with van der Waals surface area (Å²) in [5.41, 5.74) is 7.53. The molecule has 3 N–H and O–H groups in total. The standard InChI is InChI=1S/C15H25N3O/c1-5-15(6-2,11-16)18(4)14(19)17-13-9-7-8-12(3)10-13/h7-10H,5-6,11,16H2,1-4H3,(H,17,19). The van der Waals surface area contributed by atoms with Gasteiger partial charge in [0.2, 0.25) is 0 Å². The van der Waals surface area contributed by atoms with Gasteiger partial charge in [-0.3, -0.25) is 0 Å². The fraction of sp³-hybridized carbons (Fsp3) is 0.533. The van der Waals surface area contributed by atoms with Gasteiger partial charge in [0.05, 0.1) is 5.54 Å². The molecule has 4 heteroatoms. The quantitative estimate of drug-likeness (QED) is 0.858. The van der Waals surface area contributed by atoms with Crippen LogP contribution in [0.1, 0.15) is 32.3 Å². The number of nitrogens with two attached hydrogens (primary N) is 1. The highest BCUT2D eigenvalue weighted by atomic mass is 16.2. The summed E-state index contributed by atoms with van der Waals surface area (Å²) in [5, 5.41) is 2.92. The summed E-state index contributed by atoms with van der Waals surface area (Å²) in [7, 11) is 1.81. The Kier molecular flexibility index (Phi) is 5.36. The predicted octanol–water partition coefficient (Wildman–Crippen LogP) is 2.98. The molecule has 1 rings (SSSR count). The summed E-state index contributed by atoms with van der Waals surface area (Å²) in [6.45, 7) is 6.60. The Bertz CT molecular complexity index is 419. The van der Waals surface area contributed by atoms with E-state index in [9.17, 15) is 4.79 Å². The molecule has 19 heavy (non-hydrogen) atoms. The van der Waals surface area contributed by atoms with Gasteiger partial charge in [0.25, 0.3) is 0 Å². The first-order chi connectivity index (χ1) is 8.99. The van der Waals surface area contributed by atoms with Crippen LogP contribution < -0.4 is 11.1 Å². The fourth-order valence-corrected chi connectivity index (χ4v) is 2.30. The van der Waals surface area contributed by atoms with Crippen molar-refractivity contribution in [2.45, 2.75) is 39.2 Å². The third-order valence-electron chi connectivity index (χ3n) is 3.98. The van der Waals surface area contributed by atoms with Crippen LogP contribution >= 0.6 is 0 Å². The minimum Gasteiger partial charge on any atom is -0.328 e. The normalized spacial score (nSPS) is 11.2. The van der Waals surface area contributed by atoms with Gasteiger partial charge in [-0.05, 0) is 37.5 Å². The topological polar surface area (TPSA) is 58.4 Å². The SMILES string of the molecule is CCC(CC)(CN)N(C)C(=O)Nc1cccc(C)c1. The highest BCUT2D eigenvalue weighted by Crippen LogP contribution is 2.22. The molecule has 0 atom stereocenters. The third kappa shape index (κ3) is 3.47. The number of anilines is 1. The number of rotatable bonds is 5. The lowest BCUT2D eigenvalue weighted by molar-refractivity contribution is 0.140. The summed E-state index contributed by atoms with van der Waals surface area (Å²) in [6, 6.07) is 7.66. The van der Waals surface area contributed by atoms with Crippen molar-refractivity contribution >= 4 is 11.7 Å². The molecule has 0 aromatic heterocycles. The molecule has 0 unspecified atom stereocenters. The second-order valence-corrected chi connectivity index (χ2v) is 4.99. The molecule has 0 aliphatic rings. The van der Waals surface area contributed by atoms with E-state index in [0.717, 1.165) is 24.1 Å². The van der Waals surface area contributed by atoms with E-state index in [4.69, 9.17) is 5.73 Å². The highest BCUT2D eigenvalue weighted by molar-refractivity contribution is 5.89. The molecule has 4 nitrogen and oxygen atoms in total. The lowest BCUT2D eigenvalue weighted by Crippen LogP contribution is -2.55. The first-order valence-electron chi connectivity index (χ1n) is 6.80. The summed E-state index contributed by atoms with van der Waals surface area (Å²) in [5.74, 6) is 0. The Morgan fingerprint density at radius 3 is 2.47 bits per heavy atom. The van der Waals surface area contributed by atoms with Crippen molar-refractivity contribution in [3.63, 3.8) is 0 Å². The van der Waals surface area contributed by atoms with Crippen LogP contribution in [0.3, 0.4) is 0 Å². The fourth-order valence-electron chi connectivity index (χ4n) is 2.30. The van der Waals surface area contributed by atoms with Crippen LogP contribution in [0.4, 0.5) is 10.5 Å². The Morgan fingerprint density at radius 1 is 1.37 bits per heavy atom. The van der Waals surface area contributed by atoms with Crippen LogP contribution in [0.5, 0.6) is 0 Å². The van der Waals surface area contributed by atoms with Gasteiger partial charge >= 0.3 is 6.03 Å². The van der Waals surface area contributed by atoms with Crippen molar-refractivity contribution in [2.24, 2.45) is 5.73 Å². The molecule has 0 aliphatic heterocycles. The number of benzene rings is 1. The van der Waals surface area contributed by atoms with E-state index < -0.39 is 0 Å². The largest absolute Gasteiger partial charge is 0.328 e. The first-order valence-corrected chi connectivity index (χ1v) is 6.80. The maximum atomic E-state index is 12.3.